The number of ether oxygens (including phenoxy) is 1. The summed E-state index contributed by atoms with van der Waals surface area (Å²) in [6, 6.07) is 7.75. The predicted molar refractivity (Wildman–Crippen MR) is 117 cm³/mol. The van der Waals surface area contributed by atoms with Crippen LogP contribution in [0.3, 0.4) is 0 Å². The molecule has 4 rings (SSSR count). The van der Waals surface area contributed by atoms with Gasteiger partial charge in [-0.25, -0.2) is 0 Å². The summed E-state index contributed by atoms with van der Waals surface area (Å²) in [6.07, 6.45) is 9.99. The van der Waals surface area contributed by atoms with Crippen LogP contribution in [0.4, 0.5) is 0 Å². The smallest absolute Gasteiger partial charge is 0.223 e. The van der Waals surface area contributed by atoms with Crippen LogP contribution in [0.2, 0.25) is 0 Å². The molecule has 1 aromatic carbocycles. The molecule has 1 aliphatic carbocycles. The van der Waals surface area contributed by atoms with E-state index in [-0.39, 0.29) is 29.8 Å². The van der Waals surface area contributed by atoms with E-state index in [1.807, 2.05) is 30.3 Å². The lowest BCUT2D eigenvalue weighted by Gasteiger charge is -2.48. The molecule has 1 aromatic rings. The number of carbonyl (C=O) groups excluding carboxylic acids is 2. The average molecular weight is 412 g/mol. The van der Waals surface area contributed by atoms with Crippen molar-refractivity contribution in [3.63, 3.8) is 0 Å². The van der Waals surface area contributed by atoms with Crippen molar-refractivity contribution < 1.29 is 14.3 Å². The highest BCUT2D eigenvalue weighted by molar-refractivity contribution is 5.81. The van der Waals surface area contributed by atoms with Crippen molar-refractivity contribution in [1.29, 1.82) is 0 Å². The van der Waals surface area contributed by atoms with Crippen molar-refractivity contribution in [3.05, 3.63) is 41.6 Å². The molecule has 2 aliphatic heterocycles. The summed E-state index contributed by atoms with van der Waals surface area (Å²) < 4.78 is 5.56. The van der Waals surface area contributed by atoms with Gasteiger partial charge in [0.05, 0.1) is 25.7 Å². The van der Waals surface area contributed by atoms with Gasteiger partial charge in [0.1, 0.15) is 0 Å². The topological polar surface area (TPSA) is 61.9 Å². The molecule has 2 fully saturated rings. The number of fused-ring (bicyclic) bond motifs is 1. The Morgan fingerprint density at radius 1 is 1.13 bits per heavy atom. The van der Waals surface area contributed by atoms with E-state index < -0.39 is 0 Å². The second-order valence-corrected chi connectivity index (χ2v) is 8.75. The molecular formula is C24H33N3O3. The van der Waals surface area contributed by atoms with Crippen LogP contribution in [0.1, 0.15) is 62.6 Å². The maximum absolute atomic E-state index is 13.0. The van der Waals surface area contributed by atoms with Gasteiger partial charge < -0.3 is 15.0 Å². The molecule has 0 spiro atoms. The van der Waals surface area contributed by atoms with Gasteiger partial charge in [-0.05, 0) is 30.0 Å². The Morgan fingerprint density at radius 3 is 2.60 bits per heavy atom. The molecule has 162 valence electrons. The van der Waals surface area contributed by atoms with Crippen molar-refractivity contribution in [1.82, 2.24) is 15.1 Å². The van der Waals surface area contributed by atoms with Crippen molar-refractivity contribution in [2.75, 3.05) is 32.8 Å². The molecule has 0 aromatic heterocycles. The summed E-state index contributed by atoms with van der Waals surface area (Å²) in [7, 11) is 0. The molecule has 3 aliphatic rings. The number of benzene rings is 1. The number of hydrogen-bond acceptors (Lipinski definition) is 4. The first-order valence-electron chi connectivity index (χ1n) is 11.2. The quantitative estimate of drug-likeness (QED) is 0.809. The number of hydrogen-bond donors (Lipinski definition) is 1. The fourth-order valence-corrected chi connectivity index (χ4v) is 5.28. The van der Waals surface area contributed by atoms with Crippen molar-refractivity contribution in [2.45, 2.75) is 57.0 Å². The van der Waals surface area contributed by atoms with E-state index in [2.05, 4.69) is 10.2 Å². The molecule has 1 saturated carbocycles. The molecule has 0 radical (unpaired) electrons. The van der Waals surface area contributed by atoms with Crippen LogP contribution in [0.5, 0.6) is 0 Å². The number of carbonyl (C=O) groups is 2. The van der Waals surface area contributed by atoms with Gasteiger partial charge in [-0.2, -0.15) is 0 Å². The Labute approximate surface area is 179 Å². The van der Waals surface area contributed by atoms with E-state index in [4.69, 9.17) is 4.74 Å². The van der Waals surface area contributed by atoms with Gasteiger partial charge >= 0.3 is 0 Å². The highest BCUT2D eigenvalue weighted by atomic mass is 16.5. The molecule has 2 heterocycles. The minimum Gasteiger partial charge on any atom is -0.379 e. The molecule has 6 nitrogen and oxygen atoms in total. The standard InChI is InChI=1S/C24H33N3O3/c1-19(28)27-12-9-20-7-3-4-8-21(20)22(27)17-23(29)25-18-24(10-5-2-6-11-24)26-13-15-30-16-14-26/h3-4,7-9,12,22H,2,5-6,10-11,13-18H2,1H3,(H,25,29)/t22-/m1/s1. The number of amides is 2. The largest absolute Gasteiger partial charge is 0.379 e. The van der Waals surface area contributed by atoms with Crippen LogP contribution in [0.25, 0.3) is 6.08 Å². The van der Waals surface area contributed by atoms with Crippen LogP contribution >= 0.6 is 0 Å². The van der Waals surface area contributed by atoms with E-state index in [1.165, 1.54) is 19.3 Å². The zero-order valence-corrected chi connectivity index (χ0v) is 17.9. The Kier molecular flexibility index (Phi) is 6.54. The SMILES string of the molecule is CC(=O)N1C=Cc2ccccc2[C@H]1CC(=O)NCC1(N2CCOCC2)CCCCC1. The van der Waals surface area contributed by atoms with E-state index in [9.17, 15) is 9.59 Å². The third-order valence-electron chi connectivity index (χ3n) is 6.93. The van der Waals surface area contributed by atoms with Gasteiger partial charge in [0.2, 0.25) is 11.8 Å². The molecule has 6 heteroatoms. The molecule has 30 heavy (non-hydrogen) atoms. The molecule has 0 unspecified atom stereocenters. The lowest BCUT2D eigenvalue weighted by molar-refractivity contribution is -0.130. The molecule has 1 saturated heterocycles. The Balaban J connectivity index is 1.45. The Bertz CT molecular complexity index is 795. The summed E-state index contributed by atoms with van der Waals surface area (Å²) in [5.74, 6) is -0.0369. The predicted octanol–water partition coefficient (Wildman–Crippen LogP) is 3.10. The first kappa shape index (κ1) is 21.1. The lowest BCUT2D eigenvalue weighted by atomic mass is 9.79. The van der Waals surface area contributed by atoms with Gasteiger partial charge in [0.15, 0.2) is 0 Å². The third-order valence-corrected chi connectivity index (χ3v) is 6.93. The van der Waals surface area contributed by atoms with Crippen molar-refractivity contribution >= 4 is 17.9 Å². The second-order valence-electron chi connectivity index (χ2n) is 8.75. The number of nitrogens with zero attached hydrogens (tertiary/aromatic N) is 2. The number of morpholine rings is 1. The highest BCUT2D eigenvalue weighted by Gasteiger charge is 2.39. The minimum absolute atomic E-state index is 0.00885. The third kappa shape index (κ3) is 4.44. The lowest BCUT2D eigenvalue weighted by Crippen LogP contribution is -2.59. The van der Waals surface area contributed by atoms with Gasteiger partial charge in [0, 0.05) is 38.3 Å². The first-order valence-corrected chi connectivity index (χ1v) is 11.2. The molecule has 1 N–H and O–H groups in total. The van der Waals surface area contributed by atoms with E-state index in [1.54, 1.807) is 18.0 Å². The summed E-state index contributed by atoms with van der Waals surface area (Å²) in [5.41, 5.74) is 2.15. The molecule has 2 amide bonds. The average Bonchev–Trinajstić information content (AvgIpc) is 2.79. The Morgan fingerprint density at radius 2 is 1.87 bits per heavy atom. The fourth-order valence-electron chi connectivity index (χ4n) is 5.28. The first-order chi connectivity index (χ1) is 14.6. The number of rotatable bonds is 5. The van der Waals surface area contributed by atoms with Crippen molar-refractivity contribution in [3.8, 4) is 0 Å². The van der Waals surface area contributed by atoms with Gasteiger partial charge in [-0.3, -0.25) is 14.5 Å². The molecular weight excluding hydrogens is 378 g/mol. The Hall–Kier alpha value is -2.18. The van der Waals surface area contributed by atoms with E-state index in [0.717, 1.165) is 50.3 Å². The van der Waals surface area contributed by atoms with Gasteiger partial charge in [-0.1, -0.05) is 43.5 Å². The van der Waals surface area contributed by atoms with Crippen LogP contribution in [0, 0.1) is 0 Å². The number of nitrogens with one attached hydrogen (secondary N) is 1. The van der Waals surface area contributed by atoms with Crippen LogP contribution in [-0.4, -0.2) is 60.0 Å². The minimum atomic E-state index is -0.255. The van der Waals surface area contributed by atoms with Gasteiger partial charge in [-0.15, -0.1) is 0 Å². The maximum Gasteiger partial charge on any atom is 0.223 e. The summed E-state index contributed by atoms with van der Waals surface area (Å²) >= 11 is 0. The zero-order chi connectivity index (χ0) is 21.0. The second kappa shape index (κ2) is 9.31. The highest BCUT2D eigenvalue weighted by Crippen LogP contribution is 2.35. The summed E-state index contributed by atoms with van der Waals surface area (Å²) in [5, 5.41) is 3.24. The molecule has 0 bridgehead atoms. The van der Waals surface area contributed by atoms with Crippen LogP contribution < -0.4 is 5.32 Å². The molecule has 1 atom stereocenters. The van der Waals surface area contributed by atoms with E-state index >= 15 is 0 Å². The van der Waals surface area contributed by atoms with E-state index in [0.29, 0.717) is 6.54 Å². The normalized spacial score (nSPS) is 23.6. The van der Waals surface area contributed by atoms with Crippen LogP contribution in [-0.2, 0) is 14.3 Å². The van der Waals surface area contributed by atoms with Gasteiger partial charge in [0.25, 0.3) is 0 Å². The van der Waals surface area contributed by atoms with Crippen molar-refractivity contribution in [2.24, 2.45) is 0 Å². The summed E-state index contributed by atoms with van der Waals surface area (Å²) in [6.45, 7) is 5.65. The fraction of sp³-hybridized carbons (Fsp3) is 0.583. The zero-order valence-electron chi connectivity index (χ0n) is 17.9. The monoisotopic (exact) mass is 411 g/mol. The summed E-state index contributed by atoms with van der Waals surface area (Å²) in [4.78, 5) is 29.4. The van der Waals surface area contributed by atoms with Crippen LogP contribution in [0.15, 0.2) is 30.5 Å². The maximum atomic E-state index is 13.0.